The Morgan fingerprint density at radius 2 is 0.717 bits per heavy atom. The molecule has 8 aromatic carbocycles. The number of hydrogen-bond acceptors (Lipinski definition) is 2. The molecule has 2 nitrogen and oxygen atoms in total. The standard InChI is InChI=1S/C44H26O2/c1-2-11-27(12-3-1)41-33-16-4-6-18-35(33)42(36-19-7-5-17-34(36)41)30-14-10-13-28(25-30)29-21-22-32-38-24-23-37-31-15-8-9-20-39(31)45-43(37)44(38)46-40(32)26-29/h1-26H. The maximum Gasteiger partial charge on any atom is 0.178 e. The van der Waals surface area contributed by atoms with Gasteiger partial charge < -0.3 is 8.83 Å². The second-order valence-corrected chi connectivity index (χ2v) is 12.0. The van der Waals surface area contributed by atoms with Crippen LogP contribution in [0, 0.1) is 0 Å². The van der Waals surface area contributed by atoms with Gasteiger partial charge in [-0.25, -0.2) is 0 Å². The van der Waals surface area contributed by atoms with Crippen LogP contribution in [0.2, 0.25) is 0 Å². The Bertz CT molecular complexity index is 2740. The van der Waals surface area contributed by atoms with E-state index in [0.717, 1.165) is 55.0 Å². The summed E-state index contributed by atoms with van der Waals surface area (Å²) in [5, 5.41) is 9.35. The zero-order chi connectivity index (χ0) is 30.2. The molecule has 0 radical (unpaired) electrons. The lowest BCUT2D eigenvalue weighted by Crippen LogP contribution is -1.91. The number of rotatable bonds is 3. The molecule has 0 bridgehead atoms. The predicted molar refractivity (Wildman–Crippen MR) is 192 cm³/mol. The fourth-order valence-electron chi connectivity index (χ4n) is 7.41. The van der Waals surface area contributed by atoms with Gasteiger partial charge in [-0.15, -0.1) is 0 Å². The summed E-state index contributed by atoms with van der Waals surface area (Å²) in [5.41, 5.74) is 10.5. The molecule has 10 rings (SSSR count). The van der Waals surface area contributed by atoms with Gasteiger partial charge in [-0.05, 0) is 91.3 Å². The molecule has 0 saturated carbocycles. The second-order valence-electron chi connectivity index (χ2n) is 12.0. The monoisotopic (exact) mass is 586 g/mol. The molecule has 0 N–H and O–H groups in total. The van der Waals surface area contributed by atoms with Crippen molar-refractivity contribution < 1.29 is 8.83 Å². The van der Waals surface area contributed by atoms with Gasteiger partial charge in [0, 0.05) is 21.5 Å². The second kappa shape index (κ2) is 9.69. The molecular weight excluding hydrogens is 560 g/mol. The van der Waals surface area contributed by atoms with Crippen molar-refractivity contribution in [3.8, 4) is 33.4 Å². The molecule has 0 saturated heterocycles. The largest absolute Gasteiger partial charge is 0.452 e. The molecular formula is C44H26O2. The topological polar surface area (TPSA) is 26.3 Å². The fourth-order valence-corrected chi connectivity index (χ4v) is 7.41. The number of benzene rings is 8. The van der Waals surface area contributed by atoms with E-state index in [1.165, 1.54) is 43.8 Å². The van der Waals surface area contributed by atoms with Gasteiger partial charge in [0.15, 0.2) is 11.2 Å². The molecule has 0 amide bonds. The highest BCUT2D eigenvalue weighted by Crippen LogP contribution is 2.45. The molecule has 0 aliphatic heterocycles. The van der Waals surface area contributed by atoms with E-state index >= 15 is 0 Å². The van der Waals surface area contributed by atoms with E-state index in [4.69, 9.17) is 8.83 Å². The minimum Gasteiger partial charge on any atom is -0.452 e. The minimum atomic E-state index is 0.797. The Hall–Kier alpha value is -6.12. The van der Waals surface area contributed by atoms with Crippen molar-refractivity contribution in [3.05, 3.63) is 158 Å². The van der Waals surface area contributed by atoms with Crippen molar-refractivity contribution in [1.29, 1.82) is 0 Å². The Kier molecular flexibility index (Phi) is 5.31. The zero-order valence-electron chi connectivity index (χ0n) is 24.8. The Morgan fingerprint density at radius 3 is 1.39 bits per heavy atom. The molecule has 0 fully saturated rings. The van der Waals surface area contributed by atoms with Gasteiger partial charge in [-0.1, -0.05) is 121 Å². The highest BCUT2D eigenvalue weighted by molar-refractivity contribution is 6.22. The molecule has 0 aliphatic rings. The summed E-state index contributed by atoms with van der Waals surface area (Å²) in [6.07, 6.45) is 0. The third kappa shape index (κ3) is 3.65. The number of hydrogen-bond donors (Lipinski definition) is 0. The lowest BCUT2D eigenvalue weighted by molar-refractivity contribution is 0.633. The first kappa shape index (κ1) is 25.2. The molecule has 0 aliphatic carbocycles. The van der Waals surface area contributed by atoms with E-state index in [0.29, 0.717) is 0 Å². The summed E-state index contributed by atoms with van der Waals surface area (Å²) in [4.78, 5) is 0. The van der Waals surface area contributed by atoms with Crippen LogP contribution in [-0.2, 0) is 0 Å². The first-order valence-electron chi connectivity index (χ1n) is 15.7. The molecule has 0 unspecified atom stereocenters. The highest BCUT2D eigenvalue weighted by Gasteiger charge is 2.18. The summed E-state index contributed by atoms with van der Waals surface area (Å²) in [6.45, 7) is 0. The van der Waals surface area contributed by atoms with Gasteiger partial charge in [0.25, 0.3) is 0 Å². The lowest BCUT2D eigenvalue weighted by Gasteiger charge is -2.18. The van der Waals surface area contributed by atoms with Crippen LogP contribution < -0.4 is 0 Å². The Labute approximate surface area is 264 Å². The number of fused-ring (bicyclic) bond motifs is 9. The molecule has 2 heterocycles. The molecule has 214 valence electrons. The van der Waals surface area contributed by atoms with Crippen molar-refractivity contribution >= 4 is 65.4 Å². The smallest absolute Gasteiger partial charge is 0.178 e. The van der Waals surface area contributed by atoms with Gasteiger partial charge >= 0.3 is 0 Å². The zero-order valence-corrected chi connectivity index (χ0v) is 24.8. The molecule has 2 aromatic heterocycles. The maximum atomic E-state index is 6.55. The summed E-state index contributed by atoms with van der Waals surface area (Å²) >= 11 is 0. The fraction of sp³-hybridized carbons (Fsp3) is 0. The van der Waals surface area contributed by atoms with E-state index in [1.807, 2.05) is 18.2 Å². The van der Waals surface area contributed by atoms with E-state index in [9.17, 15) is 0 Å². The Balaban J connectivity index is 1.17. The van der Waals surface area contributed by atoms with Crippen LogP contribution in [0.5, 0.6) is 0 Å². The van der Waals surface area contributed by atoms with Crippen molar-refractivity contribution in [2.75, 3.05) is 0 Å². The van der Waals surface area contributed by atoms with Gasteiger partial charge in [-0.2, -0.15) is 0 Å². The van der Waals surface area contributed by atoms with Gasteiger partial charge in [0.1, 0.15) is 11.2 Å². The summed E-state index contributed by atoms with van der Waals surface area (Å²) in [6, 6.07) is 56.3. The van der Waals surface area contributed by atoms with Crippen molar-refractivity contribution in [1.82, 2.24) is 0 Å². The van der Waals surface area contributed by atoms with E-state index in [2.05, 4.69) is 140 Å². The number of para-hydroxylation sites is 1. The third-order valence-corrected chi connectivity index (χ3v) is 9.46. The van der Waals surface area contributed by atoms with Crippen LogP contribution in [0.4, 0.5) is 0 Å². The third-order valence-electron chi connectivity index (χ3n) is 9.46. The highest BCUT2D eigenvalue weighted by atomic mass is 16.4. The molecule has 0 atom stereocenters. The van der Waals surface area contributed by atoms with Crippen LogP contribution in [-0.4, -0.2) is 0 Å². The average molecular weight is 587 g/mol. The van der Waals surface area contributed by atoms with Crippen LogP contribution in [0.15, 0.2) is 167 Å². The van der Waals surface area contributed by atoms with Crippen molar-refractivity contribution in [2.45, 2.75) is 0 Å². The predicted octanol–water partition coefficient (Wildman–Crippen LogP) is 12.8. The summed E-state index contributed by atoms with van der Waals surface area (Å²) < 4.78 is 12.8. The first-order valence-corrected chi connectivity index (χ1v) is 15.7. The van der Waals surface area contributed by atoms with Crippen LogP contribution in [0.25, 0.3) is 98.8 Å². The van der Waals surface area contributed by atoms with E-state index in [1.54, 1.807) is 0 Å². The minimum absolute atomic E-state index is 0.797. The Morgan fingerprint density at radius 1 is 0.261 bits per heavy atom. The first-order chi connectivity index (χ1) is 22.8. The maximum absolute atomic E-state index is 6.55. The van der Waals surface area contributed by atoms with E-state index in [-0.39, 0.29) is 0 Å². The van der Waals surface area contributed by atoms with E-state index < -0.39 is 0 Å². The van der Waals surface area contributed by atoms with Gasteiger partial charge in [0.2, 0.25) is 0 Å². The van der Waals surface area contributed by atoms with Crippen molar-refractivity contribution in [3.63, 3.8) is 0 Å². The molecule has 0 spiro atoms. The van der Waals surface area contributed by atoms with Gasteiger partial charge in [-0.3, -0.25) is 0 Å². The van der Waals surface area contributed by atoms with Crippen LogP contribution >= 0.6 is 0 Å². The quantitative estimate of drug-likeness (QED) is 0.193. The lowest BCUT2D eigenvalue weighted by atomic mass is 9.85. The average Bonchev–Trinajstić information content (AvgIpc) is 3.69. The van der Waals surface area contributed by atoms with Gasteiger partial charge in [0.05, 0.1) is 0 Å². The normalized spacial score (nSPS) is 11.9. The van der Waals surface area contributed by atoms with Crippen molar-refractivity contribution in [2.24, 2.45) is 0 Å². The molecule has 10 aromatic rings. The molecule has 46 heavy (non-hydrogen) atoms. The molecule has 2 heteroatoms. The SMILES string of the molecule is c1ccc(-c2c3ccccc3c(-c3cccc(-c4ccc5c(c4)oc4c5ccc5c6ccccc6oc54)c3)c3ccccc23)cc1. The number of furan rings is 2. The van der Waals surface area contributed by atoms with Crippen LogP contribution in [0.3, 0.4) is 0 Å². The summed E-state index contributed by atoms with van der Waals surface area (Å²) in [7, 11) is 0. The van der Waals surface area contributed by atoms with Crippen LogP contribution in [0.1, 0.15) is 0 Å². The summed E-state index contributed by atoms with van der Waals surface area (Å²) in [5.74, 6) is 0.